The number of anilines is 2. The monoisotopic (exact) mass is 320 g/mol. The van der Waals surface area contributed by atoms with E-state index in [-0.39, 0.29) is 11.3 Å². The third-order valence-corrected chi connectivity index (χ3v) is 4.72. The molecule has 118 valence electrons. The summed E-state index contributed by atoms with van der Waals surface area (Å²) in [6.45, 7) is 3.76. The smallest absolute Gasteiger partial charge is 0.224 e. The van der Waals surface area contributed by atoms with Gasteiger partial charge in [-0.05, 0) is 37.8 Å². The second kappa shape index (κ2) is 5.83. The molecule has 0 saturated heterocycles. The van der Waals surface area contributed by atoms with Gasteiger partial charge in [-0.3, -0.25) is 15.7 Å². The van der Waals surface area contributed by atoms with E-state index in [2.05, 4.69) is 21.8 Å². The lowest BCUT2D eigenvalue weighted by atomic mass is 10.0. The molecule has 0 bridgehead atoms. The van der Waals surface area contributed by atoms with Crippen LogP contribution in [0.25, 0.3) is 0 Å². The van der Waals surface area contributed by atoms with Crippen LogP contribution in [0.15, 0.2) is 6.20 Å². The molecule has 1 aromatic heterocycles. The van der Waals surface area contributed by atoms with E-state index >= 15 is 0 Å². The molecule has 0 radical (unpaired) electrons. The highest BCUT2D eigenvalue weighted by atomic mass is 35.5. The first-order chi connectivity index (χ1) is 10.5. The highest BCUT2D eigenvalue weighted by Crippen LogP contribution is 2.40. The van der Waals surface area contributed by atoms with Gasteiger partial charge in [-0.1, -0.05) is 19.8 Å². The number of rotatable bonds is 2. The van der Waals surface area contributed by atoms with Crippen molar-refractivity contribution < 1.29 is 0 Å². The first-order valence-electron chi connectivity index (χ1n) is 7.79. The Morgan fingerprint density at radius 1 is 1.41 bits per heavy atom. The largest absolute Gasteiger partial charge is 0.342 e. The summed E-state index contributed by atoms with van der Waals surface area (Å²) in [4.78, 5) is 12.4. The van der Waals surface area contributed by atoms with Crippen molar-refractivity contribution in [3.63, 3.8) is 0 Å². The van der Waals surface area contributed by atoms with Crippen LogP contribution in [-0.2, 0) is 0 Å². The molecule has 0 aromatic carbocycles. The molecule has 1 aromatic rings. The van der Waals surface area contributed by atoms with Crippen LogP contribution in [0.4, 0.5) is 11.5 Å². The summed E-state index contributed by atoms with van der Waals surface area (Å²) in [6, 6.07) is 0.324. The summed E-state index contributed by atoms with van der Waals surface area (Å²) in [5, 5.41) is 16.8. The zero-order chi connectivity index (χ0) is 15.9. The van der Waals surface area contributed by atoms with E-state index < -0.39 is 0 Å². The van der Waals surface area contributed by atoms with E-state index in [0.717, 1.165) is 25.1 Å². The number of aromatic nitrogens is 2. The first-order valence-corrected chi connectivity index (χ1v) is 8.17. The van der Waals surface area contributed by atoms with Crippen molar-refractivity contribution in [2.75, 3.05) is 9.80 Å². The number of nitrogens with zero attached hydrogens (tertiary/aromatic N) is 4. The Morgan fingerprint density at radius 3 is 2.68 bits per heavy atom. The maximum Gasteiger partial charge on any atom is 0.224 e. The van der Waals surface area contributed by atoms with Crippen molar-refractivity contribution in [1.82, 2.24) is 9.97 Å². The zero-order valence-electron chi connectivity index (χ0n) is 12.9. The Morgan fingerprint density at radius 2 is 2.09 bits per heavy atom. The Kier molecular flexibility index (Phi) is 4.04. The molecule has 0 amide bonds. The minimum absolute atomic E-state index is 0.0677. The van der Waals surface area contributed by atoms with Crippen molar-refractivity contribution >= 4 is 34.8 Å². The van der Waals surface area contributed by atoms with Crippen LogP contribution >= 0.6 is 11.6 Å². The molecular weight excluding hydrogens is 300 g/mol. The van der Waals surface area contributed by atoms with Gasteiger partial charge in [0.15, 0.2) is 5.82 Å². The fourth-order valence-corrected chi connectivity index (χ4v) is 3.74. The topological polar surface area (TPSA) is 80.0 Å². The predicted octanol–water partition coefficient (Wildman–Crippen LogP) is 3.45. The van der Waals surface area contributed by atoms with Crippen LogP contribution in [0, 0.1) is 10.8 Å². The molecule has 3 rings (SSSR count). The highest BCUT2D eigenvalue weighted by Gasteiger charge is 2.41. The van der Waals surface area contributed by atoms with Crippen molar-refractivity contribution in [2.45, 2.75) is 58.0 Å². The summed E-state index contributed by atoms with van der Waals surface area (Å²) < 4.78 is 0. The minimum Gasteiger partial charge on any atom is -0.342 e. The Labute approximate surface area is 135 Å². The summed E-state index contributed by atoms with van der Waals surface area (Å²) >= 11 is 6.03. The second-order valence-corrected chi connectivity index (χ2v) is 6.26. The fourth-order valence-electron chi connectivity index (χ4n) is 3.61. The van der Waals surface area contributed by atoms with Gasteiger partial charge >= 0.3 is 0 Å². The summed E-state index contributed by atoms with van der Waals surface area (Å²) in [6.07, 6.45) is 7.10. The molecule has 2 N–H and O–H groups in total. The number of amidine groups is 2. The van der Waals surface area contributed by atoms with E-state index in [0.29, 0.717) is 23.4 Å². The van der Waals surface area contributed by atoms with E-state index in [4.69, 9.17) is 22.4 Å². The van der Waals surface area contributed by atoms with Gasteiger partial charge in [0.25, 0.3) is 0 Å². The third-order valence-electron chi connectivity index (χ3n) is 4.54. The van der Waals surface area contributed by atoms with Gasteiger partial charge in [0.1, 0.15) is 17.4 Å². The number of fused-ring (bicyclic) bond motifs is 1. The lowest BCUT2D eigenvalue weighted by molar-refractivity contribution is 0.547. The van der Waals surface area contributed by atoms with Crippen LogP contribution in [0.3, 0.4) is 0 Å². The highest BCUT2D eigenvalue weighted by molar-refractivity contribution is 6.29. The molecule has 0 spiro atoms. The Bertz CT molecular complexity index is 610. The van der Waals surface area contributed by atoms with Crippen LogP contribution < -0.4 is 9.80 Å². The number of nitrogens with one attached hydrogen (secondary N) is 2. The van der Waals surface area contributed by atoms with Crippen LogP contribution in [0.1, 0.15) is 46.0 Å². The van der Waals surface area contributed by atoms with Crippen LogP contribution in [0.5, 0.6) is 0 Å². The van der Waals surface area contributed by atoms with Gasteiger partial charge in [-0.15, -0.1) is 0 Å². The van der Waals surface area contributed by atoms with E-state index in [1.54, 1.807) is 18.0 Å². The minimum atomic E-state index is -0.0677. The normalized spacial score (nSPS) is 22.1. The van der Waals surface area contributed by atoms with E-state index in [9.17, 15) is 0 Å². The predicted molar refractivity (Wildman–Crippen MR) is 89.5 cm³/mol. The lowest BCUT2D eigenvalue weighted by Gasteiger charge is -2.45. The molecule has 7 heteroatoms. The number of halogens is 1. The van der Waals surface area contributed by atoms with Crippen LogP contribution in [-0.4, -0.2) is 33.7 Å². The molecule has 2 heterocycles. The molecule has 22 heavy (non-hydrogen) atoms. The van der Waals surface area contributed by atoms with Gasteiger partial charge in [0, 0.05) is 6.04 Å². The van der Waals surface area contributed by atoms with Gasteiger partial charge in [0.2, 0.25) is 5.28 Å². The van der Waals surface area contributed by atoms with E-state index in [1.807, 2.05) is 0 Å². The molecule has 1 fully saturated rings. The SMILES string of the molecule is CCC1C(=N)N(C(C)=N)c2cnc(Cl)nc2N1C1CCCC1. The van der Waals surface area contributed by atoms with Crippen molar-refractivity contribution in [3.8, 4) is 0 Å². The fraction of sp³-hybridized carbons (Fsp3) is 0.600. The number of hydrogen-bond donors (Lipinski definition) is 2. The third kappa shape index (κ3) is 2.35. The molecule has 1 atom stereocenters. The molecule has 6 nitrogen and oxygen atoms in total. The average Bonchev–Trinajstić information content (AvgIpc) is 2.99. The van der Waals surface area contributed by atoms with Crippen molar-refractivity contribution in [1.29, 1.82) is 10.8 Å². The Balaban J connectivity index is 2.15. The first kappa shape index (κ1) is 15.2. The molecule has 1 aliphatic heterocycles. The van der Waals surface area contributed by atoms with Gasteiger partial charge in [-0.25, -0.2) is 4.98 Å². The summed E-state index contributed by atoms with van der Waals surface area (Å²) in [7, 11) is 0. The maximum atomic E-state index is 8.57. The van der Waals surface area contributed by atoms with Gasteiger partial charge < -0.3 is 4.90 Å². The Hall–Kier alpha value is -1.69. The van der Waals surface area contributed by atoms with Gasteiger partial charge in [0.05, 0.1) is 12.2 Å². The standard InChI is InChI=1S/C15H21ClN6/c1-3-11-13(18)21(9(2)17)12-8-19-15(16)20-14(12)22(11)10-6-4-5-7-10/h8,10-11,17-18H,3-7H2,1-2H3. The molecular formula is C15H21ClN6. The lowest BCUT2D eigenvalue weighted by Crippen LogP contribution is -2.57. The molecule has 1 aliphatic carbocycles. The summed E-state index contributed by atoms with van der Waals surface area (Å²) in [5.41, 5.74) is 0.693. The zero-order valence-corrected chi connectivity index (χ0v) is 13.7. The molecule has 1 unspecified atom stereocenters. The molecule has 1 saturated carbocycles. The van der Waals surface area contributed by atoms with Crippen LogP contribution in [0.2, 0.25) is 5.28 Å². The quantitative estimate of drug-likeness (QED) is 0.497. The maximum absolute atomic E-state index is 8.57. The number of hydrogen-bond acceptors (Lipinski definition) is 5. The van der Waals surface area contributed by atoms with Crippen molar-refractivity contribution in [2.24, 2.45) is 0 Å². The van der Waals surface area contributed by atoms with Gasteiger partial charge in [-0.2, -0.15) is 4.98 Å². The summed E-state index contributed by atoms with van der Waals surface area (Å²) in [5.74, 6) is 1.50. The second-order valence-electron chi connectivity index (χ2n) is 5.92. The van der Waals surface area contributed by atoms with Crippen molar-refractivity contribution in [3.05, 3.63) is 11.5 Å². The average molecular weight is 321 g/mol. The molecule has 2 aliphatic rings. The van der Waals surface area contributed by atoms with E-state index in [1.165, 1.54) is 12.8 Å².